The molecule has 0 aliphatic carbocycles. The predicted molar refractivity (Wildman–Crippen MR) is 105 cm³/mol. The van der Waals surface area contributed by atoms with Gasteiger partial charge in [0.05, 0.1) is 13.2 Å². The Morgan fingerprint density at radius 2 is 1.81 bits per heavy atom. The molecule has 1 aliphatic heterocycles. The van der Waals surface area contributed by atoms with E-state index < -0.39 is 33.3 Å². The van der Waals surface area contributed by atoms with Gasteiger partial charge in [0.15, 0.2) is 0 Å². The summed E-state index contributed by atoms with van der Waals surface area (Å²) in [5, 5.41) is 0. The van der Waals surface area contributed by atoms with Gasteiger partial charge in [-0.3, -0.25) is 4.79 Å². The van der Waals surface area contributed by atoms with Crippen LogP contribution in [0.4, 0.5) is 13.2 Å². The van der Waals surface area contributed by atoms with Crippen molar-refractivity contribution in [2.45, 2.75) is 18.1 Å². The fourth-order valence-corrected chi connectivity index (χ4v) is 4.60. The van der Waals surface area contributed by atoms with Crippen LogP contribution >= 0.6 is 0 Å². The van der Waals surface area contributed by atoms with Crippen LogP contribution in [-0.4, -0.2) is 63.5 Å². The molecule has 0 aromatic heterocycles. The molecule has 2 aromatic rings. The summed E-state index contributed by atoms with van der Waals surface area (Å²) in [6, 6.07) is 8.95. The van der Waals surface area contributed by atoms with Gasteiger partial charge in [-0.05, 0) is 35.9 Å². The van der Waals surface area contributed by atoms with E-state index in [-0.39, 0.29) is 44.2 Å². The van der Waals surface area contributed by atoms with Gasteiger partial charge < -0.3 is 14.4 Å². The molecular formula is C20H21F3N2O5S. The fraction of sp³-hybridized carbons (Fsp3) is 0.350. The highest BCUT2D eigenvalue weighted by atomic mass is 32.2. The number of sulfonamides is 1. The van der Waals surface area contributed by atoms with E-state index in [4.69, 9.17) is 4.74 Å². The molecule has 1 fully saturated rings. The maximum absolute atomic E-state index is 14.3. The van der Waals surface area contributed by atoms with Gasteiger partial charge >= 0.3 is 6.61 Å². The van der Waals surface area contributed by atoms with Crippen LogP contribution in [0.1, 0.15) is 15.9 Å². The first kappa shape index (κ1) is 23.0. The Balaban J connectivity index is 1.76. The lowest BCUT2D eigenvalue weighted by molar-refractivity contribution is -0.0498. The van der Waals surface area contributed by atoms with Gasteiger partial charge in [-0.25, -0.2) is 12.8 Å². The van der Waals surface area contributed by atoms with Crippen molar-refractivity contribution in [2.24, 2.45) is 0 Å². The summed E-state index contributed by atoms with van der Waals surface area (Å²) >= 11 is 0. The second-order valence-corrected chi connectivity index (χ2v) is 8.75. The molecule has 2 aromatic carbocycles. The van der Waals surface area contributed by atoms with Gasteiger partial charge in [0.25, 0.3) is 5.91 Å². The average molecular weight is 458 g/mol. The zero-order valence-corrected chi connectivity index (χ0v) is 17.4. The second kappa shape index (κ2) is 9.67. The van der Waals surface area contributed by atoms with Gasteiger partial charge in [-0.15, -0.1) is 0 Å². The van der Waals surface area contributed by atoms with Crippen LogP contribution in [0.15, 0.2) is 47.4 Å². The largest absolute Gasteiger partial charge is 0.435 e. The number of carbonyl (C=O) groups is 1. The summed E-state index contributed by atoms with van der Waals surface area (Å²) in [5.41, 5.74) is 0.647. The Labute approximate surface area is 178 Å². The maximum atomic E-state index is 14.3. The predicted octanol–water partition coefficient (Wildman–Crippen LogP) is 2.72. The van der Waals surface area contributed by atoms with Crippen LogP contribution in [0.25, 0.3) is 0 Å². The third-order valence-electron chi connectivity index (χ3n) is 4.68. The van der Waals surface area contributed by atoms with Gasteiger partial charge in [0.2, 0.25) is 10.0 Å². The minimum Gasteiger partial charge on any atom is -0.435 e. The molecule has 31 heavy (non-hydrogen) atoms. The summed E-state index contributed by atoms with van der Waals surface area (Å²) in [4.78, 5) is 13.5. The van der Waals surface area contributed by atoms with Crippen LogP contribution in [-0.2, 0) is 21.3 Å². The topological polar surface area (TPSA) is 76.2 Å². The first-order valence-corrected chi connectivity index (χ1v) is 10.8. The van der Waals surface area contributed by atoms with Crippen LogP contribution < -0.4 is 4.74 Å². The SMILES string of the molecule is CN(Cc1ccc(OC(F)F)cc1)C(=O)c1ccc(F)c(S(=O)(=O)N2CCOCC2)c1. The van der Waals surface area contributed by atoms with Crippen molar-refractivity contribution >= 4 is 15.9 Å². The zero-order chi connectivity index (χ0) is 22.6. The number of halogens is 3. The maximum Gasteiger partial charge on any atom is 0.387 e. The van der Waals surface area contributed by atoms with E-state index in [2.05, 4.69) is 4.74 Å². The summed E-state index contributed by atoms with van der Waals surface area (Å²) in [7, 11) is -2.62. The quantitative estimate of drug-likeness (QED) is 0.638. The van der Waals surface area contributed by atoms with E-state index in [1.165, 1.54) is 42.3 Å². The van der Waals surface area contributed by atoms with Crippen molar-refractivity contribution in [2.75, 3.05) is 33.4 Å². The number of benzene rings is 2. The molecule has 1 heterocycles. The van der Waals surface area contributed by atoms with Gasteiger partial charge in [0, 0.05) is 32.2 Å². The molecule has 1 saturated heterocycles. The molecule has 0 spiro atoms. The number of rotatable bonds is 7. The van der Waals surface area contributed by atoms with Crippen molar-refractivity contribution in [3.05, 3.63) is 59.4 Å². The Kier molecular flexibility index (Phi) is 7.19. The standard InChI is InChI=1S/C20H21F3N2O5S/c1-24(13-14-2-5-16(6-3-14)30-20(22)23)19(26)15-4-7-17(21)18(12-15)31(27,28)25-8-10-29-11-9-25/h2-7,12,20H,8-11,13H2,1H3. The molecule has 168 valence electrons. The van der Waals surface area contributed by atoms with Gasteiger partial charge in [-0.1, -0.05) is 12.1 Å². The molecule has 1 amide bonds. The van der Waals surface area contributed by atoms with E-state index in [0.29, 0.717) is 5.56 Å². The first-order valence-electron chi connectivity index (χ1n) is 9.35. The number of hydrogen-bond donors (Lipinski definition) is 0. The lowest BCUT2D eigenvalue weighted by atomic mass is 10.1. The Morgan fingerprint density at radius 1 is 1.16 bits per heavy atom. The van der Waals surface area contributed by atoms with Crippen LogP contribution in [0.2, 0.25) is 0 Å². The molecule has 0 N–H and O–H groups in total. The molecule has 7 nitrogen and oxygen atoms in total. The van der Waals surface area contributed by atoms with Crippen molar-refractivity contribution in [3.63, 3.8) is 0 Å². The third-order valence-corrected chi connectivity index (χ3v) is 6.59. The highest BCUT2D eigenvalue weighted by Gasteiger charge is 2.30. The summed E-state index contributed by atoms with van der Waals surface area (Å²) in [5.74, 6) is -1.48. The molecule has 0 unspecified atom stereocenters. The molecule has 1 aliphatic rings. The average Bonchev–Trinajstić information content (AvgIpc) is 2.75. The minimum absolute atomic E-state index is 0.00777. The number of hydrogen-bond acceptors (Lipinski definition) is 5. The van der Waals surface area contributed by atoms with Crippen LogP contribution in [0.5, 0.6) is 5.75 Å². The lowest BCUT2D eigenvalue weighted by Crippen LogP contribution is -2.41. The summed E-state index contributed by atoms with van der Waals surface area (Å²) < 4.78 is 74.9. The third kappa shape index (κ3) is 5.54. The number of ether oxygens (including phenoxy) is 2. The normalized spacial score (nSPS) is 15.1. The number of alkyl halides is 2. The Bertz CT molecular complexity index is 1030. The first-order chi connectivity index (χ1) is 14.7. The number of nitrogens with zero attached hydrogens (tertiary/aromatic N) is 2. The van der Waals surface area contributed by atoms with Crippen molar-refractivity contribution in [1.82, 2.24) is 9.21 Å². The highest BCUT2D eigenvalue weighted by molar-refractivity contribution is 7.89. The summed E-state index contributed by atoms with van der Waals surface area (Å²) in [6.45, 7) is -2.18. The molecule has 0 radical (unpaired) electrons. The number of carbonyl (C=O) groups excluding carboxylic acids is 1. The molecule has 0 bridgehead atoms. The van der Waals surface area contributed by atoms with Crippen molar-refractivity contribution in [3.8, 4) is 5.75 Å². The molecule has 0 atom stereocenters. The second-order valence-electron chi connectivity index (χ2n) is 6.85. The van der Waals surface area contributed by atoms with E-state index in [1.807, 2.05) is 0 Å². The van der Waals surface area contributed by atoms with Gasteiger partial charge in [0.1, 0.15) is 16.5 Å². The zero-order valence-electron chi connectivity index (χ0n) is 16.6. The van der Waals surface area contributed by atoms with Crippen molar-refractivity contribution < 1.29 is 35.9 Å². The Morgan fingerprint density at radius 3 is 2.42 bits per heavy atom. The van der Waals surface area contributed by atoms with E-state index in [9.17, 15) is 26.4 Å². The number of morpholine rings is 1. The molecule has 11 heteroatoms. The lowest BCUT2D eigenvalue weighted by Gasteiger charge is -2.26. The molecule has 3 rings (SSSR count). The smallest absolute Gasteiger partial charge is 0.387 e. The molecule has 0 saturated carbocycles. The fourth-order valence-electron chi connectivity index (χ4n) is 3.10. The highest BCUT2D eigenvalue weighted by Crippen LogP contribution is 2.23. The van der Waals surface area contributed by atoms with Gasteiger partial charge in [-0.2, -0.15) is 13.1 Å². The summed E-state index contributed by atoms with van der Waals surface area (Å²) in [6.07, 6.45) is 0. The number of amides is 1. The Hall–Kier alpha value is -2.63. The van der Waals surface area contributed by atoms with E-state index >= 15 is 0 Å². The van der Waals surface area contributed by atoms with Crippen molar-refractivity contribution in [1.29, 1.82) is 0 Å². The van der Waals surface area contributed by atoms with Crippen LogP contribution in [0, 0.1) is 5.82 Å². The van der Waals surface area contributed by atoms with E-state index in [0.717, 1.165) is 16.4 Å². The molecular weight excluding hydrogens is 437 g/mol. The van der Waals surface area contributed by atoms with E-state index in [1.54, 1.807) is 0 Å². The monoisotopic (exact) mass is 458 g/mol. The minimum atomic E-state index is -4.12. The van der Waals surface area contributed by atoms with Crippen LogP contribution in [0.3, 0.4) is 0 Å².